The summed E-state index contributed by atoms with van der Waals surface area (Å²) in [6, 6.07) is 4.98. The fourth-order valence-electron chi connectivity index (χ4n) is 1.42. The van der Waals surface area contributed by atoms with Crippen LogP contribution in [0.15, 0.2) is 18.2 Å². The minimum absolute atomic E-state index is 0.112. The zero-order valence-corrected chi connectivity index (χ0v) is 10.4. The maximum Gasteiger partial charge on any atom is 0.257 e. The van der Waals surface area contributed by atoms with E-state index in [0.717, 1.165) is 0 Å². The Labute approximate surface area is 101 Å². The minimum atomic E-state index is -0.112. The predicted molar refractivity (Wildman–Crippen MR) is 66.2 cm³/mol. The number of amides is 1. The monoisotopic (exact) mass is 238 g/mol. The lowest BCUT2D eigenvalue weighted by Gasteiger charge is -2.18. The van der Waals surface area contributed by atoms with E-state index >= 15 is 0 Å². The van der Waals surface area contributed by atoms with Gasteiger partial charge in [0.15, 0.2) is 0 Å². The molecule has 0 aromatic heterocycles. The lowest BCUT2D eigenvalue weighted by Crippen LogP contribution is -2.30. The number of ether oxygens (including phenoxy) is 2. The Morgan fingerprint density at radius 3 is 2.71 bits per heavy atom. The lowest BCUT2D eigenvalue weighted by molar-refractivity contribution is 0.0741. The number of rotatable bonds is 5. The fraction of sp³-hybridized carbons (Fsp3) is 0.417. The van der Waals surface area contributed by atoms with Crippen LogP contribution >= 0.6 is 0 Å². The molecule has 1 rings (SSSR count). The number of benzene rings is 1. The Morgan fingerprint density at radius 1 is 1.41 bits per heavy atom. The van der Waals surface area contributed by atoms with Crippen LogP contribution in [0.5, 0.6) is 5.75 Å². The molecule has 0 unspecified atom stereocenters. The number of hydrogen-bond acceptors (Lipinski definition) is 4. The van der Waals surface area contributed by atoms with Gasteiger partial charge < -0.3 is 20.1 Å². The number of carbonyl (C=O) groups is 1. The first-order chi connectivity index (χ1) is 8.10. The van der Waals surface area contributed by atoms with E-state index in [1.807, 2.05) is 0 Å². The van der Waals surface area contributed by atoms with Crippen LogP contribution in [0.2, 0.25) is 0 Å². The highest BCUT2D eigenvalue weighted by Crippen LogP contribution is 2.22. The van der Waals surface area contributed by atoms with Gasteiger partial charge in [-0.3, -0.25) is 4.79 Å². The van der Waals surface area contributed by atoms with Crippen molar-refractivity contribution in [3.8, 4) is 5.75 Å². The van der Waals surface area contributed by atoms with Crippen molar-refractivity contribution in [3.05, 3.63) is 23.8 Å². The summed E-state index contributed by atoms with van der Waals surface area (Å²) in [6.45, 7) is 1.03. The van der Waals surface area contributed by atoms with Gasteiger partial charge in [-0.15, -0.1) is 0 Å². The second-order valence-corrected chi connectivity index (χ2v) is 3.68. The van der Waals surface area contributed by atoms with Gasteiger partial charge in [0, 0.05) is 32.5 Å². The molecule has 0 aliphatic rings. The van der Waals surface area contributed by atoms with Gasteiger partial charge >= 0.3 is 0 Å². The summed E-state index contributed by atoms with van der Waals surface area (Å²) in [6.07, 6.45) is 0. The summed E-state index contributed by atoms with van der Waals surface area (Å²) in [5, 5.41) is 0. The quantitative estimate of drug-likeness (QED) is 0.777. The van der Waals surface area contributed by atoms with Gasteiger partial charge in [-0.1, -0.05) is 0 Å². The Morgan fingerprint density at radius 2 is 2.12 bits per heavy atom. The zero-order valence-electron chi connectivity index (χ0n) is 10.4. The van der Waals surface area contributed by atoms with Gasteiger partial charge in [-0.2, -0.15) is 0 Å². The molecule has 5 nitrogen and oxygen atoms in total. The maximum atomic E-state index is 12.1. The van der Waals surface area contributed by atoms with Crippen molar-refractivity contribution in [1.82, 2.24) is 4.90 Å². The molecule has 0 heterocycles. The third-order valence-corrected chi connectivity index (χ3v) is 2.43. The average Bonchev–Trinajstić information content (AvgIpc) is 2.34. The second kappa shape index (κ2) is 6.10. The molecule has 0 spiro atoms. The van der Waals surface area contributed by atoms with E-state index in [2.05, 4.69) is 0 Å². The molecule has 0 fully saturated rings. The molecular weight excluding hydrogens is 220 g/mol. The first-order valence-electron chi connectivity index (χ1n) is 5.28. The number of carbonyl (C=O) groups excluding carboxylic acids is 1. The van der Waals surface area contributed by atoms with Crippen molar-refractivity contribution in [3.63, 3.8) is 0 Å². The smallest absolute Gasteiger partial charge is 0.257 e. The topological polar surface area (TPSA) is 64.8 Å². The van der Waals surface area contributed by atoms with E-state index in [1.165, 1.54) is 7.11 Å². The molecule has 2 N–H and O–H groups in total. The first kappa shape index (κ1) is 13.3. The highest BCUT2D eigenvalue weighted by atomic mass is 16.5. The van der Waals surface area contributed by atoms with E-state index in [9.17, 15) is 4.79 Å². The molecule has 0 saturated carbocycles. The highest BCUT2D eigenvalue weighted by molar-refractivity contribution is 5.97. The van der Waals surface area contributed by atoms with Crippen LogP contribution in [0.3, 0.4) is 0 Å². The molecule has 5 heteroatoms. The molecule has 0 aliphatic heterocycles. The number of nitrogens with two attached hydrogens (primary N) is 1. The predicted octanol–water partition coefficient (Wildman–Crippen LogP) is 0.996. The van der Waals surface area contributed by atoms with Gasteiger partial charge in [-0.05, 0) is 12.1 Å². The summed E-state index contributed by atoms with van der Waals surface area (Å²) in [5.41, 5.74) is 6.70. The highest BCUT2D eigenvalue weighted by Gasteiger charge is 2.16. The average molecular weight is 238 g/mol. The van der Waals surface area contributed by atoms with Gasteiger partial charge in [0.05, 0.1) is 19.3 Å². The summed E-state index contributed by atoms with van der Waals surface area (Å²) in [4.78, 5) is 13.7. The standard InChI is InChI=1S/C12H18N2O3/c1-14(6-7-16-2)12(15)10-5-4-9(13)8-11(10)17-3/h4-5,8H,6-7,13H2,1-3H3. The summed E-state index contributed by atoms with van der Waals surface area (Å²) in [5.74, 6) is 0.373. The molecule has 0 bridgehead atoms. The van der Waals surface area contributed by atoms with Crippen molar-refractivity contribution in [2.75, 3.05) is 40.2 Å². The van der Waals surface area contributed by atoms with E-state index in [-0.39, 0.29) is 5.91 Å². The van der Waals surface area contributed by atoms with Crippen LogP contribution in [0.4, 0.5) is 5.69 Å². The third kappa shape index (κ3) is 3.35. The number of hydrogen-bond donors (Lipinski definition) is 1. The number of anilines is 1. The van der Waals surface area contributed by atoms with Crippen molar-refractivity contribution >= 4 is 11.6 Å². The third-order valence-electron chi connectivity index (χ3n) is 2.43. The number of likely N-dealkylation sites (N-methyl/N-ethyl adjacent to an activating group) is 1. The number of nitrogen functional groups attached to an aromatic ring is 1. The molecule has 0 aliphatic carbocycles. The Kier molecular flexibility index (Phi) is 4.78. The van der Waals surface area contributed by atoms with Gasteiger partial charge in [0.2, 0.25) is 0 Å². The second-order valence-electron chi connectivity index (χ2n) is 3.68. The summed E-state index contributed by atoms with van der Waals surface area (Å²) in [7, 11) is 4.83. The largest absolute Gasteiger partial charge is 0.496 e. The van der Waals surface area contributed by atoms with Crippen molar-refractivity contribution in [2.45, 2.75) is 0 Å². The van der Waals surface area contributed by atoms with Crippen molar-refractivity contribution in [2.24, 2.45) is 0 Å². The van der Waals surface area contributed by atoms with E-state index in [4.69, 9.17) is 15.2 Å². The number of nitrogens with zero attached hydrogens (tertiary/aromatic N) is 1. The Hall–Kier alpha value is -1.75. The van der Waals surface area contributed by atoms with E-state index in [0.29, 0.717) is 30.2 Å². The van der Waals surface area contributed by atoms with Gasteiger partial charge in [0.1, 0.15) is 5.75 Å². The van der Waals surface area contributed by atoms with Gasteiger partial charge in [0.25, 0.3) is 5.91 Å². The molecule has 94 valence electrons. The number of methoxy groups -OCH3 is 2. The first-order valence-corrected chi connectivity index (χ1v) is 5.28. The molecule has 1 aromatic carbocycles. The van der Waals surface area contributed by atoms with Crippen LogP contribution in [0.25, 0.3) is 0 Å². The molecule has 17 heavy (non-hydrogen) atoms. The van der Waals surface area contributed by atoms with Crippen LogP contribution in [-0.2, 0) is 4.74 Å². The summed E-state index contributed by atoms with van der Waals surface area (Å²) < 4.78 is 10.1. The van der Waals surface area contributed by atoms with Crippen molar-refractivity contribution < 1.29 is 14.3 Å². The lowest BCUT2D eigenvalue weighted by atomic mass is 10.1. The molecule has 1 aromatic rings. The van der Waals surface area contributed by atoms with Crippen molar-refractivity contribution in [1.29, 1.82) is 0 Å². The Bertz CT molecular complexity index is 393. The summed E-state index contributed by atoms with van der Waals surface area (Å²) >= 11 is 0. The Balaban J connectivity index is 2.87. The molecule has 0 saturated heterocycles. The van der Waals surface area contributed by atoms with E-state index in [1.54, 1.807) is 37.3 Å². The van der Waals surface area contributed by atoms with E-state index < -0.39 is 0 Å². The van der Waals surface area contributed by atoms with Crippen LogP contribution in [0.1, 0.15) is 10.4 Å². The zero-order chi connectivity index (χ0) is 12.8. The molecule has 0 atom stereocenters. The molecule has 1 amide bonds. The normalized spacial score (nSPS) is 10.1. The minimum Gasteiger partial charge on any atom is -0.496 e. The van der Waals surface area contributed by atoms with Crippen LogP contribution in [0, 0.1) is 0 Å². The van der Waals surface area contributed by atoms with Crippen LogP contribution < -0.4 is 10.5 Å². The fourth-order valence-corrected chi connectivity index (χ4v) is 1.42. The molecular formula is C12H18N2O3. The SMILES string of the molecule is COCCN(C)C(=O)c1ccc(N)cc1OC. The molecule has 0 radical (unpaired) electrons. The maximum absolute atomic E-state index is 12.1. The van der Waals surface area contributed by atoms with Crippen LogP contribution in [-0.4, -0.2) is 45.2 Å². The van der Waals surface area contributed by atoms with Gasteiger partial charge in [-0.25, -0.2) is 0 Å².